The number of amides is 1. The predicted molar refractivity (Wildman–Crippen MR) is 87.0 cm³/mol. The normalized spacial score (nSPS) is 10.1. The van der Waals surface area contributed by atoms with E-state index in [1.54, 1.807) is 0 Å². The summed E-state index contributed by atoms with van der Waals surface area (Å²) in [5.41, 5.74) is 8.64. The van der Waals surface area contributed by atoms with Crippen LogP contribution in [0.5, 0.6) is 0 Å². The Morgan fingerprint density at radius 3 is 2.43 bits per heavy atom. The van der Waals surface area contributed by atoms with Crippen LogP contribution in [0.4, 0.5) is 11.4 Å². The van der Waals surface area contributed by atoms with Crippen molar-refractivity contribution < 1.29 is 4.79 Å². The minimum atomic E-state index is -0.0102. The molecule has 3 N–H and O–H groups in total. The fourth-order valence-electron chi connectivity index (χ4n) is 2.17. The Labute approximate surface area is 125 Å². The zero-order chi connectivity index (χ0) is 15.1. The van der Waals surface area contributed by atoms with E-state index in [2.05, 4.69) is 5.32 Å². The van der Waals surface area contributed by atoms with Crippen molar-refractivity contribution in [2.45, 2.75) is 13.5 Å². The molecule has 0 bridgehead atoms. The van der Waals surface area contributed by atoms with Crippen LogP contribution in [0.2, 0.25) is 0 Å². The molecule has 0 aliphatic heterocycles. The highest BCUT2D eigenvalue weighted by molar-refractivity contribution is 5.83. The summed E-state index contributed by atoms with van der Waals surface area (Å²) in [4.78, 5) is 14.0. The molecule has 0 radical (unpaired) electrons. The number of likely N-dealkylation sites (N-methyl/N-ethyl adjacent to an activating group) is 1. The van der Waals surface area contributed by atoms with Crippen LogP contribution in [-0.4, -0.2) is 19.0 Å². The summed E-state index contributed by atoms with van der Waals surface area (Å²) >= 11 is 0. The second-order valence-corrected chi connectivity index (χ2v) is 4.84. The van der Waals surface area contributed by atoms with Crippen LogP contribution < -0.4 is 16.0 Å². The molecule has 110 valence electrons. The molecule has 4 heteroatoms. The van der Waals surface area contributed by atoms with Gasteiger partial charge < -0.3 is 16.0 Å². The highest BCUT2D eigenvalue weighted by Gasteiger charge is 2.11. The Kier molecular flexibility index (Phi) is 5.21. The molecule has 2 rings (SSSR count). The van der Waals surface area contributed by atoms with E-state index in [1.807, 2.05) is 66.4 Å². The average Bonchev–Trinajstić information content (AvgIpc) is 2.52. The van der Waals surface area contributed by atoms with Crippen LogP contribution in [0.3, 0.4) is 0 Å². The number of carbonyl (C=O) groups is 1. The van der Waals surface area contributed by atoms with Crippen molar-refractivity contribution in [2.75, 3.05) is 23.7 Å². The minimum absolute atomic E-state index is 0.0102. The molecule has 0 saturated heterocycles. The van der Waals surface area contributed by atoms with Crippen LogP contribution in [0.1, 0.15) is 12.5 Å². The van der Waals surface area contributed by atoms with Crippen molar-refractivity contribution in [2.24, 2.45) is 0 Å². The third kappa shape index (κ3) is 4.24. The fourth-order valence-corrected chi connectivity index (χ4v) is 2.17. The van der Waals surface area contributed by atoms with Gasteiger partial charge in [-0.1, -0.05) is 42.5 Å². The van der Waals surface area contributed by atoms with E-state index in [9.17, 15) is 4.79 Å². The quantitative estimate of drug-likeness (QED) is 0.800. The number of nitrogens with zero attached hydrogens (tertiary/aromatic N) is 1. The lowest BCUT2D eigenvalue weighted by atomic mass is 10.2. The van der Waals surface area contributed by atoms with E-state index in [1.165, 1.54) is 0 Å². The van der Waals surface area contributed by atoms with Gasteiger partial charge in [0, 0.05) is 13.1 Å². The van der Waals surface area contributed by atoms with E-state index >= 15 is 0 Å². The molecule has 0 atom stereocenters. The maximum atomic E-state index is 12.1. The number of carbonyl (C=O) groups excluding carboxylic acids is 1. The molecule has 0 unspecified atom stereocenters. The Hall–Kier alpha value is -2.49. The van der Waals surface area contributed by atoms with E-state index < -0.39 is 0 Å². The van der Waals surface area contributed by atoms with Crippen molar-refractivity contribution in [1.29, 1.82) is 0 Å². The van der Waals surface area contributed by atoms with Gasteiger partial charge in [0.1, 0.15) is 0 Å². The van der Waals surface area contributed by atoms with Gasteiger partial charge in [0.15, 0.2) is 0 Å². The summed E-state index contributed by atoms with van der Waals surface area (Å²) < 4.78 is 0. The molecule has 4 nitrogen and oxygen atoms in total. The molecular weight excluding hydrogens is 262 g/mol. The van der Waals surface area contributed by atoms with Gasteiger partial charge in [-0.25, -0.2) is 0 Å². The molecular formula is C17H21N3O. The molecule has 1 amide bonds. The number of nitrogens with two attached hydrogens (primary N) is 1. The molecule has 0 aliphatic carbocycles. The van der Waals surface area contributed by atoms with Crippen molar-refractivity contribution in [3.63, 3.8) is 0 Å². The second-order valence-electron chi connectivity index (χ2n) is 4.84. The number of hydrogen-bond acceptors (Lipinski definition) is 3. The van der Waals surface area contributed by atoms with Crippen molar-refractivity contribution in [3.05, 3.63) is 60.2 Å². The van der Waals surface area contributed by atoms with Crippen LogP contribution in [0.25, 0.3) is 0 Å². The minimum Gasteiger partial charge on any atom is -0.397 e. The van der Waals surface area contributed by atoms with Gasteiger partial charge in [-0.05, 0) is 24.6 Å². The summed E-state index contributed by atoms with van der Waals surface area (Å²) in [6, 6.07) is 17.5. The molecule has 0 heterocycles. The first-order chi connectivity index (χ1) is 10.2. The number of rotatable bonds is 6. The van der Waals surface area contributed by atoms with E-state index in [0.29, 0.717) is 18.8 Å². The Balaban J connectivity index is 1.93. The molecule has 0 fully saturated rings. The largest absolute Gasteiger partial charge is 0.397 e. The molecule has 2 aromatic carbocycles. The highest BCUT2D eigenvalue weighted by Crippen LogP contribution is 2.21. The van der Waals surface area contributed by atoms with E-state index in [0.717, 1.165) is 17.8 Å². The Bertz CT molecular complexity index is 584. The molecule has 0 saturated carbocycles. The van der Waals surface area contributed by atoms with Crippen LogP contribution in [-0.2, 0) is 11.3 Å². The van der Waals surface area contributed by atoms with E-state index in [4.69, 9.17) is 5.73 Å². The summed E-state index contributed by atoms with van der Waals surface area (Å²) in [5, 5.41) is 2.93. The molecule has 2 aromatic rings. The summed E-state index contributed by atoms with van der Waals surface area (Å²) in [7, 11) is 0. The number of nitrogens with one attached hydrogen (secondary N) is 1. The van der Waals surface area contributed by atoms with E-state index in [-0.39, 0.29) is 5.91 Å². The SMILES string of the molecule is CCN(CC(=O)NCc1ccccc1)c1ccccc1N. The first-order valence-corrected chi connectivity index (χ1v) is 7.10. The lowest BCUT2D eigenvalue weighted by Crippen LogP contribution is -2.37. The van der Waals surface area contributed by atoms with Gasteiger partial charge in [-0.2, -0.15) is 0 Å². The average molecular weight is 283 g/mol. The van der Waals surface area contributed by atoms with Crippen LogP contribution >= 0.6 is 0 Å². The highest BCUT2D eigenvalue weighted by atomic mass is 16.2. The standard InChI is InChI=1S/C17H21N3O/c1-2-20(16-11-7-6-10-15(16)18)13-17(21)19-12-14-8-4-3-5-9-14/h3-11H,2,12-13,18H2,1H3,(H,19,21). The van der Waals surface area contributed by atoms with Crippen molar-refractivity contribution in [1.82, 2.24) is 5.32 Å². The molecule has 21 heavy (non-hydrogen) atoms. The van der Waals surface area contributed by atoms with Gasteiger partial charge >= 0.3 is 0 Å². The number of para-hydroxylation sites is 2. The summed E-state index contributed by atoms with van der Waals surface area (Å²) in [5.74, 6) is -0.0102. The zero-order valence-electron chi connectivity index (χ0n) is 12.3. The smallest absolute Gasteiger partial charge is 0.239 e. The maximum Gasteiger partial charge on any atom is 0.239 e. The number of benzene rings is 2. The summed E-state index contributed by atoms with van der Waals surface area (Å²) in [6.45, 7) is 3.59. The van der Waals surface area contributed by atoms with Gasteiger partial charge in [0.2, 0.25) is 5.91 Å². The number of hydrogen-bond donors (Lipinski definition) is 2. The van der Waals surface area contributed by atoms with Gasteiger partial charge in [-0.3, -0.25) is 4.79 Å². The van der Waals surface area contributed by atoms with Crippen LogP contribution in [0.15, 0.2) is 54.6 Å². The van der Waals surface area contributed by atoms with Gasteiger partial charge in [0.25, 0.3) is 0 Å². The number of anilines is 2. The lowest BCUT2D eigenvalue weighted by molar-refractivity contribution is -0.119. The molecule has 0 aromatic heterocycles. The Morgan fingerprint density at radius 1 is 1.10 bits per heavy atom. The van der Waals surface area contributed by atoms with Gasteiger partial charge in [-0.15, -0.1) is 0 Å². The van der Waals surface area contributed by atoms with Crippen molar-refractivity contribution >= 4 is 17.3 Å². The third-order valence-electron chi connectivity index (χ3n) is 3.33. The third-order valence-corrected chi connectivity index (χ3v) is 3.33. The predicted octanol–water partition coefficient (Wildman–Crippen LogP) is 2.41. The topological polar surface area (TPSA) is 58.4 Å². The second kappa shape index (κ2) is 7.33. The van der Waals surface area contributed by atoms with Crippen molar-refractivity contribution in [3.8, 4) is 0 Å². The van der Waals surface area contributed by atoms with Crippen LogP contribution in [0, 0.1) is 0 Å². The van der Waals surface area contributed by atoms with Gasteiger partial charge in [0.05, 0.1) is 17.9 Å². The summed E-state index contributed by atoms with van der Waals surface area (Å²) in [6.07, 6.45) is 0. The fraction of sp³-hybridized carbons (Fsp3) is 0.235. The lowest BCUT2D eigenvalue weighted by Gasteiger charge is -2.23. The first kappa shape index (κ1) is 14.9. The monoisotopic (exact) mass is 283 g/mol. The Morgan fingerprint density at radius 2 is 1.76 bits per heavy atom. The molecule has 0 aliphatic rings. The zero-order valence-corrected chi connectivity index (χ0v) is 12.3. The molecule has 0 spiro atoms. The maximum absolute atomic E-state index is 12.1. The number of nitrogen functional groups attached to an aromatic ring is 1. The first-order valence-electron chi connectivity index (χ1n) is 7.10.